The predicted molar refractivity (Wildman–Crippen MR) is 131 cm³/mol. The van der Waals surface area contributed by atoms with E-state index in [1.807, 2.05) is 19.1 Å². The van der Waals surface area contributed by atoms with E-state index in [2.05, 4.69) is 41.6 Å². The third-order valence-corrected chi connectivity index (χ3v) is 7.16. The van der Waals surface area contributed by atoms with E-state index < -0.39 is 10.8 Å². The van der Waals surface area contributed by atoms with Crippen LogP contribution >= 0.6 is 24.0 Å². The Bertz CT molecular complexity index is 650. The maximum absolute atomic E-state index is 12.2. The molecule has 2 rings (SSSR count). The molecule has 1 aromatic carbocycles. The average molecular weight is 522 g/mol. The molecule has 0 bridgehead atoms. The summed E-state index contributed by atoms with van der Waals surface area (Å²) in [7, 11) is 2.78. The Hall–Kier alpha value is -0.830. The van der Waals surface area contributed by atoms with Crippen molar-refractivity contribution in [3.63, 3.8) is 0 Å². The highest BCUT2D eigenvalue weighted by atomic mass is 127. The van der Waals surface area contributed by atoms with Crippen LogP contribution in [0.1, 0.15) is 52.0 Å². The number of benzene rings is 1. The summed E-state index contributed by atoms with van der Waals surface area (Å²) in [6.45, 7) is 7.22. The van der Waals surface area contributed by atoms with Crippen LogP contribution in [0.15, 0.2) is 29.3 Å². The molecule has 1 aliphatic carbocycles. The molecular formula is C21H36IN3O2S. The second-order valence-electron chi connectivity index (χ2n) is 7.84. The first-order valence-electron chi connectivity index (χ1n) is 9.88. The lowest BCUT2D eigenvalue weighted by atomic mass is 9.84. The van der Waals surface area contributed by atoms with Gasteiger partial charge in [0.25, 0.3) is 0 Å². The molecule has 0 spiro atoms. The van der Waals surface area contributed by atoms with E-state index >= 15 is 0 Å². The highest BCUT2D eigenvalue weighted by Crippen LogP contribution is 2.25. The molecule has 1 fully saturated rings. The standard InChI is InChI=1S/C21H35N3O2S.HI/c1-6-27(25)19-9-7-8-17(14-19)24-20(22-4)23-15-21(2,3)16-10-12-18(26-5)13-11-16;/h10-13,17,19H,6-9,14-15H2,1-5H3,(H2,22,23,24);1H. The molecule has 0 aromatic heterocycles. The second kappa shape index (κ2) is 12.0. The molecule has 5 nitrogen and oxygen atoms in total. The summed E-state index contributed by atoms with van der Waals surface area (Å²) in [5.74, 6) is 2.45. The molecule has 7 heteroatoms. The number of ether oxygens (including phenoxy) is 1. The quantitative estimate of drug-likeness (QED) is 0.325. The third-order valence-electron chi connectivity index (χ3n) is 5.42. The van der Waals surface area contributed by atoms with E-state index in [0.29, 0.717) is 11.3 Å². The van der Waals surface area contributed by atoms with Crippen LogP contribution in [-0.4, -0.2) is 47.9 Å². The van der Waals surface area contributed by atoms with Crippen molar-refractivity contribution in [3.8, 4) is 5.75 Å². The van der Waals surface area contributed by atoms with Crippen LogP contribution in [0.25, 0.3) is 0 Å². The van der Waals surface area contributed by atoms with E-state index in [1.165, 1.54) is 5.56 Å². The molecule has 0 amide bonds. The number of guanidine groups is 1. The smallest absolute Gasteiger partial charge is 0.191 e. The first-order chi connectivity index (χ1) is 12.9. The van der Waals surface area contributed by atoms with Gasteiger partial charge in [0.1, 0.15) is 5.75 Å². The molecule has 3 atom stereocenters. The molecule has 0 saturated heterocycles. The molecule has 28 heavy (non-hydrogen) atoms. The summed E-state index contributed by atoms with van der Waals surface area (Å²) in [5.41, 5.74) is 1.21. The summed E-state index contributed by atoms with van der Waals surface area (Å²) < 4.78 is 17.4. The Morgan fingerprint density at radius 3 is 2.54 bits per heavy atom. The van der Waals surface area contributed by atoms with Gasteiger partial charge in [-0.1, -0.05) is 39.3 Å². The van der Waals surface area contributed by atoms with E-state index in [-0.39, 0.29) is 29.4 Å². The Morgan fingerprint density at radius 2 is 1.96 bits per heavy atom. The summed E-state index contributed by atoms with van der Waals surface area (Å²) >= 11 is 0. The molecule has 0 aliphatic heterocycles. The molecule has 0 heterocycles. The fraction of sp³-hybridized carbons (Fsp3) is 0.667. The largest absolute Gasteiger partial charge is 0.497 e. The van der Waals surface area contributed by atoms with Crippen LogP contribution in [0.2, 0.25) is 0 Å². The molecule has 1 aliphatic rings. The number of rotatable bonds is 7. The summed E-state index contributed by atoms with van der Waals surface area (Å²) in [6, 6.07) is 8.57. The van der Waals surface area contributed by atoms with Crippen molar-refractivity contribution < 1.29 is 8.95 Å². The number of methoxy groups -OCH3 is 1. The van der Waals surface area contributed by atoms with Crippen molar-refractivity contribution in [2.75, 3.05) is 26.5 Å². The normalized spacial score (nSPS) is 21.4. The zero-order valence-electron chi connectivity index (χ0n) is 17.8. The third kappa shape index (κ3) is 7.21. The Balaban J connectivity index is 0.00000392. The topological polar surface area (TPSA) is 62.7 Å². The minimum atomic E-state index is -0.707. The average Bonchev–Trinajstić information content (AvgIpc) is 2.70. The van der Waals surface area contributed by atoms with E-state index in [0.717, 1.165) is 49.7 Å². The number of aliphatic imine (C=N–C) groups is 1. The van der Waals surface area contributed by atoms with Crippen LogP contribution in [0, 0.1) is 0 Å². The van der Waals surface area contributed by atoms with E-state index in [1.54, 1.807) is 14.2 Å². The number of hydrogen-bond acceptors (Lipinski definition) is 3. The van der Waals surface area contributed by atoms with Gasteiger partial charge in [-0.2, -0.15) is 0 Å². The maximum atomic E-state index is 12.2. The second-order valence-corrected chi connectivity index (χ2v) is 9.84. The van der Waals surface area contributed by atoms with E-state index in [9.17, 15) is 4.21 Å². The minimum absolute atomic E-state index is 0. The van der Waals surface area contributed by atoms with Gasteiger partial charge < -0.3 is 15.4 Å². The highest BCUT2D eigenvalue weighted by Gasteiger charge is 2.27. The zero-order chi connectivity index (χ0) is 19.9. The SMILES string of the molecule is CCS(=O)C1CCCC(NC(=NC)NCC(C)(C)c2ccc(OC)cc2)C1.I. The van der Waals surface area contributed by atoms with Gasteiger partial charge in [0.05, 0.1) is 7.11 Å². The molecule has 160 valence electrons. The van der Waals surface area contributed by atoms with Crippen molar-refractivity contribution in [1.29, 1.82) is 0 Å². The number of nitrogens with one attached hydrogen (secondary N) is 2. The summed E-state index contributed by atoms with van der Waals surface area (Å²) in [6.07, 6.45) is 4.28. The number of hydrogen-bond donors (Lipinski definition) is 2. The molecular weight excluding hydrogens is 485 g/mol. The number of nitrogens with zero attached hydrogens (tertiary/aromatic N) is 1. The van der Waals surface area contributed by atoms with Gasteiger partial charge in [-0.15, -0.1) is 24.0 Å². The van der Waals surface area contributed by atoms with Crippen LogP contribution < -0.4 is 15.4 Å². The fourth-order valence-corrected chi connectivity index (χ4v) is 4.94. The predicted octanol–water partition coefficient (Wildman–Crippen LogP) is 3.84. The van der Waals surface area contributed by atoms with Crippen LogP contribution in [-0.2, 0) is 16.2 Å². The lowest BCUT2D eigenvalue weighted by Crippen LogP contribution is -2.49. The van der Waals surface area contributed by atoms with Crippen LogP contribution in [0.5, 0.6) is 5.75 Å². The lowest BCUT2D eigenvalue weighted by molar-refractivity contribution is 0.410. The minimum Gasteiger partial charge on any atom is -0.497 e. The summed E-state index contributed by atoms with van der Waals surface area (Å²) in [4.78, 5) is 4.39. The first-order valence-corrected chi connectivity index (χ1v) is 11.3. The first kappa shape index (κ1) is 25.2. The molecule has 1 aromatic rings. The van der Waals surface area contributed by atoms with Gasteiger partial charge in [0.2, 0.25) is 0 Å². The molecule has 3 unspecified atom stereocenters. The van der Waals surface area contributed by atoms with Gasteiger partial charge in [0.15, 0.2) is 5.96 Å². The number of halogens is 1. The van der Waals surface area contributed by atoms with Gasteiger partial charge in [-0.3, -0.25) is 9.20 Å². The molecule has 2 N–H and O–H groups in total. The van der Waals surface area contributed by atoms with Gasteiger partial charge in [-0.05, 0) is 37.0 Å². The van der Waals surface area contributed by atoms with Crippen molar-refractivity contribution in [1.82, 2.24) is 10.6 Å². The van der Waals surface area contributed by atoms with Crippen molar-refractivity contribution in [2.45, 2.75) is 63.2 Å². The van der Waals surface area contributed by atoms with Crippen LogP contribution in [0.3, 0.4) is 0 Å². The summed E-state index contributed by atoms with van der Waals surface area (Å²) in [5, 5.41) is 7.33. The maximum Gasteiger partial charge on any atom is 0.191 e. The molecule has 1 saturated carbocycles. The Labute approximate surface area is 190 Å². The van der Waals surface area contributed by atoms with Crippen molar-refractivity contribution >= 4 is 40.7 Å². The van der Waals surface area contributed by atoms with Gasteiger partial charge >= 0.3 is 0 Å². The lowest BCUT2D eigenvalue weighted by Gasteiger charge is -2.32. The monoisotopic (exact) mass is 521 g/mol. The van der Waals surface area contributed by atoms with Gasteiger partial charge in [-0.25, -0.2) is 0 Å². The van der Waals surface area contributed by atoms with Crippen molar-refractivity contribution in [3.05, 3.63) is 29.8 Å². The van der Waals surface area contributed by atoms with Gasteiger partial charge in [0, 0.05) is 46.9 Å². The highest BCUT2D eigenvalue weighted by molar-refractivity contribution is 14.0. The van der Waals surface area contributed by atoms with E-state index in [4.69, 9.17) is 4.74 Å². The van der Waals surface area contributed by atoms with Crippen molar-refractivity contribution in [2.24, 2.45) is 4.99 Å². The van der Waals surface area contributed by atoms with Crippen LogP contribution in [0.4, 0.5) is 0 Å². The molecule has 0 radical (unpaired) electrons. The Kier molecular flexibility index (Phi) is 10.8. The zero-order valence-corrected chi connectivity index (χ0v) is 20.9. The fourth-order valence-electron chi connectivity index (χ4n) is 3.59. The Morgan fingerprint density at radius 1 is 1.29 bits per heavy atom.